The zero-order valence-corrected chi connectivity index (χ0v) is 16.7. The van der Waals surface area contributed by atoms with Gasteiger partial charge in [0.05, 0.1) is 23.1 Å². The van der Waals surface area contributed by atoms with Crippen molar-refractivity contribution in [3.8, 4) is 5.69 Å². The molecule has 6 nitrogen and oxygen atoms in total. The molecule has 0 atom stereocenters. The molecule has 2 aromatic carbocycles. The van der Waals surface area contributed by atoms with Gasteiger partial charge in [0.15, 0.2) is 0 Å². The van der Waals surface area contributed by atoms with Crippen LogP contribution in [0.1, 0.15) is 33.3 Å². The highest BCUT2D eigenvalue weighted by Gasteiger charge is 2.18. The Morgan fingerprint density at radius 1 is 1.14 bits per heavy atom. The average molecular weight is 397 g/mol. The van der Waals surface area contributed by atoms with Gasteiger partial charge in [0, 0.05) is 30.4 Å². The quantitative estimate of drug-likeness (QED) is 0.707. The highest BCUT2D eigenvalue weighted by molar-refractivity contribution is 6.30. The molecule has 28 heavy (non-hydrogen) atoms. The maximum absolute atomic E-state index is 12.8. The van der Waals surface area contributed by atoms with E-state index in [0.717, 1.165) is 11.4 Å². The Bertz CT molecular complexity index is 1030. The minimum atomic E-state index is -0.278. The molecule has 0 unspecified atom stereocenters. The van der Waals surface area contributed by atoms with Gasteiger partial charge < -0.3 is 10.2 Å². The molecule has 0 aliphatic carbocycles. The van der Waals surface area contributed by atoms with Crippen molar-refractivity contribution in [2.24, 2.45) is 0 Å². The lowest BCUT2D eigenvalue weighted by molar-refractivity contribution is 0.0827. The number of hydrogen-bond acceptors (Lipinski definition) is 3. The van der Waals surface area contributed by atoms with Crippen LogP contribution in [0.15, 0.2) is 54.7 Å². The summed E-state index contributed by atoms with van der Waals surface area (Å²) in [5, 5.41) is 7.82. The van der Waals surface area contributed by atoms with Crippen LogP contribution < -0.4 is 5.32 Å². The van der Waals surface area contributed by atoms with Crippen molar-refractivity contribution in [1.82, 2.24) is 14.7 Å². The molecule has 0 aliphatic heterocycles. The number of hydrogen-bond donors (Lipinski definition) is 1. The van der Waals surface area contributed by atoms with E-state index in [-0.39, 0.29) is 11.8 Å². The fraction of sp³-hybridized carbons (Fsp3) is 0.190. The molecule has 1 N–H and O–H groups in total. The third-order valence-corrected chi connectivity index (χ3v) is 4.51. The van der Waals surface area contributed by atoms with Gasteiger partial charge in [-0.2, -0.15) is 5.10 Å². The van der Waals surface area contributed by atoms with Gasteiger partial charge >= 0.3 is 0 Å². The zero-order chi connectivity index (χ0) is 20.3. The highest BCUT2D eigenvalue weighted by Crippen LogP contribution is 2.20. The van der Waals surface area contributed by atoms with E-state index in [0.29, 0.717) is 28.3 Å². The Morgan fingerprint density at radius 2 is 1.89 bits per heavy atom. The van der Waals surface area contributed by atoms with Crippen molar-refractivity contribution < 1.29 is 9.59 Å². The molecule has 3 aromatic rings. The molecule has 0 spiro atoms. The molecular weight excluding hydrogens is 376 g/mol. The summed E-state index contributed by atoms with van der Waals surface area (Å²) in [5.41, 5.74) is 3.11. The average Bonchev–Trinajstić information content (AvgIpc) is 3.11. The first kappa shape index (κ1) is 19.6. The Hall–Kier alpha value is -3.12. The normalized spacial score (nSPS) is 10.6. The molecule has 0 aliphatic rings. The number of nitrogens with zero attached hydrogens (tertiary/aromatic N) is 3. The Labute approximate surface area is 168 Å². The second-order valence-corrected chi connectivity index (χ2v) is 6.92. The zero-order valence-electron chi connectivity index (χ0n) is 15.9. The number of carbonyl (C=O) groups excluding carboxylic acids is 2. The molecule has 0 saturated carbocycles. The van der Waals surface area contributed by atoms with Crippen LogP contribution in [0.25, 0.3) is 5.69 Å². The second kappa shape index (κ2) is 8.27. The van der Waals surface area contributed by atoms with Crippen molar-refractivity contribution in [2.45, 2.75) is 13.3 Å². The summed E-state index contributed by atoms with van der Waals surface area (Å²) in [6.07, 6.45) is 2.16. The fourth-order valence-corrected chi connectivity index (χ4v) is 3.11. The molecule has 2 amide bonds. The lowest BCUT2D eigenvalue weighted by Gasteiger charge is -2.12. The first-order chi connectivity index (χ1) is 13.4. The van der Waals surface area contributed by atoms with E-state index in [1.54, 1.807) is 61.4 Å². The van der Waals surface area contributed by atoms with E-state index in [2.05, 4.69) is 10.4 Å². The van der Waals surface area contributed by atoms with Crippen LogP contribution in [-0.4, -0.2) is 40.6 Å². The number of amides is 2. The number of carbonyl (C=O) groups is 2. The SMILES string of the molecule is CCc1c(C(=O)Nc2cccc(C(=O)N(C)C)c2)cnn1-c1cccc(Cl)c1. The molecule has 0 radical (unpaired) electrons. The lowest BCUT2D eigenvalue weighted by atomic mass is 10.1. The third kappa shape index (κ3) is 4.07. The molecular formula is C21H21ClN4O2. The first-order valence-corrected chi connectivity index (χ1v) is 9.24. The van der Waals surface area contributed by atoms with Crippen LogP contribution >= 0.6 is 11.6 Å². The number of halogens is 1. The fourth-order valence-electron chi connectivity index (χ4n) is 2.92. The van der Waals surface area contributed by atoms with E-state index in [1.165, 1.54) is 4.90 Å². The molecule has 144 valence electrons. The van der Waals surface area contributed by atoms with Crippen molar-refractivity contribution >= 4 is 29.1 Å². The monoisotopic (exact) mass is 396 g/mol. The summed E-state index contributed by atoms with van der Waals surface area (Å²) >= 11 is 6.08. The van der Waals surface area contributed by atoms with Crippen LogP contribution in [0.3, 0.4) is 0 Å². The summed E-state index contributed by atoms with van der Waals surface area (Å²) in [7, 11) is 3.37. The van der Waals surface area contributed by atoms with Crippen molar-refractivity contribution in [3.63, 3.8) is 0 Å². The summed E-state index contributed by atoms with van der Waals surface area (Å²) in [5.74, 6) is -0.404. The van der Waals surface area contributed by atoms with Gasteiger partial charge in [0.25, 0.3) is 11.8 Å². The Balaban J connectivity index is 1.88. The standard InChI is InChI=1S/C21H21ClN4O2/c1-4-19-18(13-23-26(19)17-10-6-8-15(22)12-17)20(27)24-16-9-5-7-14(11-16)21(28)25(2)3/h5-13H,4H2,1-3H3,(H,24,27). The van der Waals surface area contributed by atoms with Gasteiger partial charge in [-0.15, -0.1) is 0 Å². The summed E-state index contributed by atoms with van der Waals surface area (Å²) < 4.78 is 1.72. The van der Waals surface area contributed by atoms with Crippen LogP contribution in [-0.2, 0) is 6.42 Å². The number of nitrogens with one attached hydrogen (secondary N) is 1. The Kier molecular flexibility index (Phi) is 5.80. The minimum absolute atomic E-state index is 0.126. The van der Waals surface area contributed by atoms with Gasteiger partial charge in [-0.1, -0.05) is 30.7 Å². The smallest absolute Gasteiger partial charge is 0.259 e. The number of benzene rings is 2. The molecule has 3 rings (SSSR count). The minimum Gasteiger partial charge on any atom is -0.345 e. The third-order valence-electron chi connectivity index (χ3n) is 4.27. The van der Waals surface area contributed by atoms with E-state index in [9.17, 15) is 9.59 Å². The molecule has 1 heterocycles. The van der Waals surface area contributed by atoms with Crippen molar-refractivity contribution in [3.05, 3.63) is 76.6 Å². The van der Waals surface area contributed by atoms with Crippen molar-refractivity contribution in [1.29, 1.82) is 0 Å². The second-order valence-electron chi connectivity index (χ2n) is 6.48. The number of rotatable bonds is 5. The number of aromatic nitrogens is 2. The van der Waals surface area contributed by atoms with Gasteiger partial charge in [0.1, 0.15) is 0 Å². The predicted octanol–water partition coefficient (Wildman–Crippen LogP) is 4.04. The van der Waals surface area contributed by atoms with Gasteiger partial charge in [-0.3, -0.25) is 9.59 Å². The van der Waals surface area contributed by atoms with Gasteiger partial charge in [-0.05, 0) is 42.8 Å². The first-order valence-electron chi connectivity index (χ1n) is 8.86. The Morgan fingerprint density at radius 3 is 2.57 bits per heavy atom. The van der Waals surface area contributed by atoms with E-state index in [4.69, 9.17) is 11.6 Å². The topological polar surface area (TPSA) is 67.2 Å². The molecule has 7 heteroatoms. The molecule has 1 aromatic heterocycles. The molecule has 0 bridgehead atoms. The van der Waals surface area contributed by atoms with Crippen LogP contribution in [0.5, 0.6) is 0 Å². The summed E-state index contributed by atoms with van der Waals surface area (Å²) in [4.78, 5) is 26.5. The van der Waals surface area contributed by atoms with E-state index >= 15 is 0 Å². The van der Waals surface area contributed by atoms with Crippen LogP contribution in [0, 0.1) is 0 Å². The van der Waals surface area contributed by atoms with Crippen molar-refractivity contribution in [2.75, 3.05) is 19.4 Å². The molecule has 0 saturated heterocycles. The largest absolute Gasteiger partial charge is 0.345 e. The maximum Gasteiger partial charge on any atom is 0.259 e. The van der Waals surface area contributed by atoms with E-state index in [1.807, 2.05) is 19.1 Å². The summed E-state index contributed by atoms with van der Waals surface area (Å²) in [6, 6.07) is 14.2. The van der Waals surface area contributed by atoms with E-state index < -0.39 is 0 Å². The van der Waals surface area contributed by atoms with Crippen LogP contribution in [0.2, 0.25) is 5.02 Å². The van der Waals surface area contributed by atoms with Crippen LogP contribution in [0.4, 0.5) is 5.69 Å². The summed E-state index contributed by atoms with van der Waals surface area (Å²) in [6.45, 7) is 1.96. The number of anilines is 1. The maximum atomic E-state index is 12.8. The predicted molar refractivity (Wildman–Crippen MR) is 110 cm³/mol. The highest BCUT2D eigenvalue weighted by atomic mass is 35.5. The molecule has 0 fully saturated rings. The van der Waals surface area contributed by atoms with Gasteiger partial charge in [-0.25, -0.2) is 4.68 Å². The lowest BCUT2D eigenvalue weighted by Crippen LogP contribution is -2.22. The van der Waals surface area contributed by atoms with Gasteiger partial charge in [0.2, 0.25) is 0 Å².